The van der Waals surface area contributed by atoms with E-state index in [0.717, 1.165) is 11.1 Å². The minimum Gasteiger partial charge on any atom is -0.493 e. The standard InChI is InChI=1S/C19H31N3O4/c1-12-9-15(25-7)16(26-8)10-14(12)11-22(6)13(2)17(23)20-18(24)21-19(3,4)5/h9-10,13H,11H2,1-8H3,(H2,20,21,23,24)/t13-/m1/s1. The zero-order valence-corrected chi connectivity index (χ0v) is 17.0. The van der Waals surface area contributed by atoms with Crippen molar-refractivity contribution in [2.24, 2.45) is 0 Å². The molecule has 146 valence electrons. The Balaban J connectivity index is 2.79. The fourth-order valence-electron chi connectivity index (χ4n) is 2.39. The summed E-state index contributed by atoms with van der Waals surface area (Å²) >= 11 is 0. The van der Waals surface area contributed by atoms with E-state index in [1.807, 2.05) is 51.8 Å². The lowest BCUT2D eigenvalue weighted by Crippen LogP contribution is -2.52. The summed E-state index contributed by atoms with van der Waals surface area (Å²) in [6.07, 6.45) is 0. The fourth-order valence-corrected chi connectivity index (χ4v) is 2.39. The first-order valence-corrected chi connectivity index (χ1v) is 8.53. The van der Waals surface area contributed by atoms with Crippen LogP contribution in [0.4, 0.5) is 4.79 Å². The molecule has 0 saturated heterocycles. The molecule has 1 aromatic rings. The van der Waals surface area contributed by atoms with Crippen LogP contribution in [0.2, 0.25) is 0 Å². The van der Waals surface area contributed by atoms with E-state index in [-0.39, 0.29) is 5.91 Å². The van der Waals surface area contributed by atoms with Crippen molar-refractivity contribution in [3.05, 3.63) is 23.3 Å². The van der Waals surface area contributed by atoms with Gasteiger partial charge in [0.2, 0.25) is 5.91 Å². The largest absolute Gasteiger partial charge is 0.493 e. The number of aryl methyl sites for hydroxylation is 1. The first-order valence-electron chi connectivity index (χ1n) is 8.53. The van der Waals surface area contributed by atoms with Crippen molar-refractivity contribution in [1.82, 2.24) is 15.5 Å². The van der Waals surface area contributed by atoms with Gasteiger partial charge in [-0.05, 0) is 64.9 Å². The molecule has 0 saturated carbocycles. The van der Waals surface area contributed by atoms with Gasteiger partial charge in [0.15, 0.2) is 11.5 Å². The molecule has 0 heterocycles. The average Bonchev–Trinajstić information content (AvgIpc) is 2.53. The van der Waals surface area contributed by atoms with E-state index < -0.39 is 17.6 Å². The lowest BCUT2D eigenvalue weighted by molar-refractivity contribution is -0.124. The summed E-state index contributed by atoms with van der Waals surface area (Å²) in [4.78, 5) is 26.1. The number of nitrogens with zero attached hydrogens (tertiary/aromatic N) is 1. The van der Waals surface area contributed by atoms with Gasteiger partial charge in [-0.3, -0.25) is 15.0 Å². The Hall–Kier alpha value is -2.28. The molecule has 0 aliphatic carbocycles. The number of ether oxygens (including phenoxy) is 2. The maximum atomic E-state index is 12.3. The van der Waals surface area contributed by atoms with Gasteiger partial charge in [0.1, 0.15) is 0 Å². The second kappa shape index (κ2) is 8.89. The molecular formula is C19H31N3O4. The summed E-state index contributed by atoms with van der Waals surface area (Å²) in [5, 5.41) is 5.09. The van der Waals surface area contributed by atoms with Crippen LogP contribution in [0.5, 0.6) is 11.5 Å². The summed E-state index contributed by atoms with van der Waals surface area (Å²) in [6.45, 7) is 9.83. The molecule has 0 aromatic heterocycles. The summed E-state index contributed by atoms with van der Waals surface area (Å²) in [5.74, 6) is 0.955. The van der Waals surface area contributed by atoms with Crippen LogP contribution in [0.25, 0.3) is 0 Å². The van der Waals surface area contributed by atoms with Crippen molar-refractivity contribution >= 4 is 11.9 Å². The molecule has 1 rings (SSSR count). The van der Waals surface area contributed by atoms with E-state index in [2.05, 4.69) is 10.6 Å². The molecule has 0 bridgehead atoms. The normalized spacial score (nSPS) is 12.5. The van der Waals surface area contributed by atoms with Gasteiger partial charge in [-0.25, -0.2) is 4.79 Å². The molecule has 0 aliphatic rings. The van der Waals surface area contributed by atoms with Crippen LogP contribution < -0.4 is 20.1 Å². The minimum absolute atomic E-state index is 0.354. The van der Waals surface area contributed by atoms with Crippen molar-refractivity contribution in [3.8, 4) is 11.5 Å². The highest BCUT2D eigenvalue weighted by Gasteiger charge is 2.23. The van der Waals surface area contributed by atoms with Crippen LogP contribution in [0.3, 0.4) is 0 Å². The van der Waals surface area contributed by atoms with E-state index in [1.54, 1.807) is 21.1 Å². The number of amides is 3. The van der Waals surface area contributed by atoms with Crippen molar-refractivity contribution < 1.29 is 19.1 Å². The third-order valence-corrected chi connectivity index (χ3v) is 4.03. The molecular weight excluding hydrogens is 334 g/mol. The number of rotatable bonds is 6. The van der Waals surface area contributed by atoms with Crippen molar-refractivity contribution in [2.45, 2.75) is 52.7 Å². The number of imide groups is 1. The van der Waals surface area contributed by atoms with Gasteiger partial charge in [0.25, 0.3) is 0 Å². The van der Waals surface area contributed by atoms with Gasteiger partial charge < -0.3 is 14.8 Å². The number of urea groups is 1. The Bertz CT molecular complexity index is 653. The van der Waals surface area contributed by atoms with Gasteiger partial charge >= 0.3 is 6.03 Å². The Morgan fingerprint density at radius 1 is 1.15 bits per heavy atom. The number of carbonyl (C=O) groups is 2. The van der Waals surface area contributed by atoms with E-state index >= 15 is 0 Å². The molecule has 0 aliphatic heterocycles. The monoisotopic (exact) mass is 365 g/mol. The van der Waals surface area contributed by atoms with Gasteiger partial charge in [-0.2, -0.15) is 0 Å². The number of hydrogen-bond acceptors (Lipinski definition) is 5. The van der Waals surface area contributed by atoms with Gasteiger partial charge in [0.05, 0.1) is 20.3 Å². The predicted molar refractivity (Wildman–Crippen MR) is 102 cm³/mol. The molecule has 0 spiro atoms. The fraction of sp³-hybridized carbons (Fsp3) is 0.579. The molecule has 7 nitrogen and oxygen atoms in total. The van der Waals surface area contributed by atoms with Crippen LogP contribution in [-0.2, 0) is 11.3 Å². The Labute approximate surface area is 156 Å². The number of benzene rings is 1. The van der Waals surface area contributed by atoms with Crippen LogP contribution in [0.15, 0.2) is 12.1 Å². The van der Waals surface area contributed by atoms with Crippen LogP contribution in [0, 0.1) is 6.92 Å². The van der Waals surface area contributed by atoms with Crippen molar-refractivity contribution in [3.63, 3.8) is 0 Å². The predicted octanol–water partition coefficient (Wildman–Crippen LogP) is 2.46. The first kappa shape index (κ1) is 21.8. The number of methoxy groups -OCH3 is 2. The Morgan fingerprint density at radius 2 is 1.69 bits per heavy atom. The van der Waals surface area contributed by atoms with Crippen molar-refractivity contribution in [2.75, 3.05) is 21.3 Å². The zero-order chi connectivity index (χ0) is 20.1. The molecule has 0 fully saturated rings. The van der Waals surface area contributed by atoms with Gasteiger partial charge in [-0.1, -0.05) is 0 Å². The molecule has 7 heteroatoms. The van der Waals surface area contributed by atoms with Crippen molar-refractivity contribution in [1.29, 1.82) is 0 Å². The molecule has 1 aromatic carbocycles. The highest BCUT2D eigenvalue weighted by atomic mass is 16.5. The zero-order valence-electron chi connectivity index (χ0n) is 17.0. The lowest BCUT2D eigenvalue weighted by Gasteiger charge is -2.26. The van der Waals surface area contributed by atoms with Gasteiger partial charge in [-0.15, -0.1) is 0 Å². The molecule has 1 atom stereocenters. The molecule has 0 unspecified atom stereocenters. The SMILES string of the molecule is COc1cc(C)c(CN(C)[C@H](C)C(=O)NC(=O)NC(C)(C)C)cc1OC. The summed E-state index contributed by atoms with van der Waals surface area (Å²) in [5.41, 5.74) is 1.65. The lowest BCUT2D eigenvalue weighted by atomic mass is 10.1. The quantitative estimate of drug-likeness (QED) is 0.809. The van der Waals surface area contributed by atoms with E-state index in [4.69, 9.17) is 9.47 Å². The van der Waals surface area contributed by atoms with E-state index in [0.29, 0.717) is 18.0 Å². The molecule has 0 radical (unpaired) electrons. The Morgan fingerprint density at radius 3 is 2.19 bits per heavy atom. The first-order chi connectivity index (χ1) is 12.0. The van der Waals surface area contributed by atoms with Crippen LogP contribution >= 0.6 is 0 Å². The maximum absolute atomic E-state index is 12.3. The summed E-state index contributed by atoms with van der Waals surface area (Å²) in [6, 6.07) is 2.84. The smallest absolute Gasteiger partial charge is 0.321 e. The highest BCUT2D eigenvalue weighted by molar-refractivity contribution is 5.97. The second-order valence-electron chi connectivity index (χ2n) is 7.42. The van der Waals surface area contributed by atoms with Gasteiger partial charge in [0, 0.05) is 12.1 Å². The average molecular weight is 365 g/mol. The number of carbonyl (C=O) groups excluding carboxylic acids is 2. The molecule has 2 N–H and O–H groups in total. The highest BCUT2D eigenvalue weighted by Crippen LogP contribution is 2.30. The van der Waals surface area contributed by atoms with Crippen LogP contribution in [0.1, 0.15) is 38.8 Å². The van der Waals surface area contributed by atoms with Crippen LogP contribution in [-0.4, -0.2) is 49.7 Å². The number of nitrogens with one attached hydrogen (secondary N) is 2. The number of likely N-dealkylation sites (N-methyl/N-ethyl adjacent to an activating group) is 1. The number of hydrogen-bond donors (Lipinski definition) is 2. The summed E-state index contributed by atoms with van der Waals surface area (Å²) in [7, 11) is 5.02. The molecule has 3 amide bonds. The Kier molecular flexibility index (Phi) is 7.44. The third-order valence-electron chi connectivity index (χ3n) is 4.03. The van der Waals surface area contributed by atoms with E-state index in [1.165, 1.54) is 0 Å². The summed E-state index contributed by atoms with van der Waals surface area (Å²) < 4.78 is 10.6. The van der Waals surface area contributed by atoms with E-state index in [9.17, 15) is 9.59 Å². The third kappa shape index (κ3) is 6.22. The topological polar surface area (TPSA) is 79.9 Å². The molecule has 26 heavy (non-hydrogen) atoms. The minimum atomic E-state index is -0.495. The maximum Gasteiger partial charge on any atom is 0.321 e. The second-order valence-corrected chi connectivity index (χ2v) is 7.42.